The maximum atomic E-state index is 12.8. The number of aliphatic hydroxyl groups excluding tert-OH is 4. The molecule has 1 rings (SSSR count). The van der Waals surface area contributed by atoms with Gasteiger partial charge in [0.2, 0.25) is 0 Å². The van der Waals surface area contributed by atoms with Crippen molar-refractivity contribution in [2.45, 2.75) is 250 Å². The number of allylic oxidation sites excluding steroid dienone is 6. The summed E-state index contributed by atoms with van der Waals surface area (Å²) in [5, 5.41) is 40.1. The zero-order valence-electron chi connectivity index (χ0n) is 38.2. The van der Waals surface area contributed by atoms with E-state index in [1.54, 1.807) is 0 Å². The van der Waals surface area contributed by atoms with E-state index < -0.39 is 49.4 Å². The van der Waals surface area contributed by atoms with E-state index in [-0.39, 0.29) is 32.0 Å². The number of rotatable bonds is 41. The minimum atomic E-state index is -1.60. The van der Waals surface area contributed by atoms with Gasteiger partial charge in [0.15, 0.2) is 12.4 Å². The summed E-state index contributed by atoms with van der Waals surface area (Å²) < 4.78 is 22.2. The van der Waals surface area contributed by atoms with Gasteiger partial charge < -0.3 is 39.4 Å². The Morgan fingerprint density at radius 1 is 0.533 bits per heavy atom. The predicted molar refractivity (Wildman–Crippen MR) is 242 cm³/mol. The van der Waals surface area contributed by atoms with Gasteiger partial charge in [-0.05, 0) is 44.9 Å². The lowest BCUT2D eigenvalue weighted by molar-refractivity contribution is -0.305. The first-order chi connectivity index (χ1) is 29.3. The normalized spacial score (nSPS) is 20.1. The van der Waals surface area contributed by atoms with Crippen LogP contribution in [-0.4, -0.2) is 89.0 Å². The van der Waals surface area contributed by atoms with Crippen LogP contribution < -0.4 is 0 Å². The fourth-order valence-electron chi connectivity index (χ4n) is 7.44. The quantitative estimate of drug-likeness (QED) is 0.0266. The highest BCUT2D eigenvalue weighted by Gasteiger charge is 2.44. The Morgan fingerprint density at radius 2 is 0.983 bits per heavy atom. The second kappa shape index (κ2) is 41.0. The number of carbonyl (C=O) groups excluding carboxylic acids is 2. The molecular weight excluding hydrogens is 761 g/mol. The van der Waals surface area contributed by atoms with Crippen LogP contribution >= 0.6 is 0 Å². The number of ether oxygens (including phenoxy) is 4. The van der Waals surface area contributed by atoms with Crippen molar-refractivity contribution in [2.24, 2.45) is 0 Å². The first-order valence-corrected chi connectivity index (χ1v) is 24.6. The van der Waals surface area contributed by atoms with Crippen LogP contribution in [0.25, 0.3) is 0 Å². The molecule has 0 saturated carbocycles. The van der Waals surface area contributed by atoms with Crippen LogP contribution in [0.4, 0.5) is 0 Å². The number of esters is 2. The standard InChI is InChI=1S/C50H90O10/c1-3-5-7-9-11-13-15-17-19-20-21-22-23-25-26-28-30-32-34-36-38-45(52)57-41-43(42-58-50-49(56)48(55)47(54)44(40-51)60-50)59-46(53)39-37-35-33-31-29-27-24-18-16-14-12-10-8-6-4-2/h6,8,12,14,18,24,43-44,47-51,54-56H,3-5,7,9-11,13,15-17,19-23,25-42H2,1-2H3/b8-6-,14-12-,24-18-. The molecule has 10 heteroatoms. The van der Waals surface area contributed by atoms with E-state index in [4.69, 9.17) is 18.9 Å². The SMILES string of the molecule is CC/C=C\C/C=C\C/C=C\CCCCCCCC(=O)OC(COC(=O)CCCCCCCCCCCCCCCCCCCCCC)COC1OC(CO)C(O)C(O)C1O. The van der Waals surface area contributed by atoms with Crippen molar-refractivity contribution < 1.29 is 49.0 Å². The van der Waals surface area contributed by atoms with Crippen LogP contribution in [0.2, 0.25) is 0 Å². The van der Waals surface area contributed by atoms with E-state index in [0.717, 1.165) is 70.6 Å². The van der Waals surface area contributed by atoms with E-state index in [1.807, 2.05) is 0 Å². The van der Waals surface area contributed by atoms with Gasteiger partial charge in [0.05, 0.1) is 13.2 Å². The minimum absolute atomic E-state index is 0.212. The summed E-state index contributed by atoms with van der Waals surface area (Å²) >= 11 is 0. The molecular formula is C50H90O10. The first kappa shape index (κ1) is 55.9. The molecule has 6 atom stereocenters. The largest absolute Gasteiger partial charge is 0.462 e. The highest BCUT2D eigenvalue weighted by molar-refractivity contribution is 5.70. The summed E-state index contributed by atoms with van der Waals surface area (Å²) in [5.74, 6) is -0.818. The monoisotopic (exact) mass is 851 g/mol. The summed E-state index contributed by atoms with van der Waals surface area (Å²) in [7, 11) is 0. The van der Waals surface area contributed by atoms with Crippen molar-refractivity contribution in [2.75, 3.05) is 19.8 Å². The van der Waals surface area contributed by atoms with E-state index in [1.165, 1.54) is 109 Å². The molecule has 0 bridgehead atoms. The van der Waals surface area contributed by atoms with Gasteiger partial charge in [-0.3, -0.25) is 9.59 Å². The Morgan fingerprint density at radius 3 is 1.48 bits per heavy atom. The minimum Gasteiger partial charge on any atom is -0.462 e. The molecule has 1 aliphatic rings. The summed E-state index contributed by atoms with van der Waals surface area (Å²) in [6.45, 7) is 3.32. The number of aliphatic hydroxyl groups is 4. The Labute approximate surface area is 366 Å². The summed E-state index contributed by atoms with van der Waals surface area (Å²) in [6.07, 6.45) is 40.1. The molecule has 10 nitrogen and oxygen atoms in total. The summed E-state index contributed by atoms with van der Waals surface area (Å²) in [6, 6.07) is 0. The molecule has 0 spiro atoms. The number of unbranched alkanes of at least 4 members (excludes halogenated alkanes) is 24. The van der Waals surface area contributed by atoms with Crippen molar-refractivity contribution in [3.05, 3.63) is 36.5 Å². The average Bonchev–Trinajstić information content (AvgIpc) is 3.25. The highest BCUT2D eigenvalue weighted by Crippen LogP contribution is 2.23. The molecule has 0 amide bonds. The lowest BCUT2D eigenvalue weighted by Crippen LogP contribution is -2.59. The van der Waals surface area contributed by atoms with E-state index in [2.05, 4.69) is 50.3 Å². The third kappa shape index (κ3) is 31.7. The summed E-state index contributed by atoms with van der Waals surface area (Å²) in [5.41, 5.74) is 0. The zero-order valence-corrected chi connectivity index (χ0v) is 38.2. The maximum Gasteiger partial charge on any atom is 0.306 e. The Bertz CT molecular complexity index is 1080. The van der Waals surface area contributed by atoms with Crippen LogP contribution in [0.15, 0.2) is 36.5 Å². The molecule has 0 aromatic carbocycles. The van der Waals surface area contributed by atoms with Crippen molar-refractivity contribution in [3.8, 4) is 0 Å². The third-order valence-electron chi connectivity index (χ3n) is 11.3. The molecule has 1 aliphatic heterocycles. The Balaban J connectivity index is 2.27. The molecule has 0 aromatic rings. The van der Waals surface area contributed by atoms with Crippen LogP contribution in [0.3, 0.4) is 0 Å². The van der Waals surface area contributed by atoms with Gasteiger partial charge in [-0.25, -0.2) is 0 Å². The fraction of sp³-hybridized carbons (Fsp3) is 0.840. The molecule has 0 aromatic heterocycles. The molecule has 0 radical (unpaired) electrons. The molecule has 1 heterocycles. The second-order valence-corrected chi connectivity index (χ2v) is 16.9. The summed E-state index contributed by atoms with van der Waals surface area (Å²) in [4.78, 5) is 25.4. The van der Waals surface area contributed by atoms with Crippen LogP contribution in [-0.2, 0) is 28.5 Å². The topological polar surface area (TPSA) is 152 Å². The lowest BCUT2D eigenvalue weighted by Gasteiger charge is -2.39. The van der Waals surface area contributed by atoms with Gasteiger partial charge in [-0.2, -0.15) is 0 Å². The predicted octanol–water partition coefficient (Wildman–Crippen LogP) is 11.1. The lowest BCUT2D eigenvalue weighted by atomic mass is 9.99. The fourth-order valence-corrected chi connectivity index (χ4v) is 7.44. The Hall–Kier alpha value is -2.08. The van der Waals surface area contributed by atoms with Gasteiger partial charge in [0.25, 0.3) is 0 Å². The number of hydrogen-bond donors (Lipinski definition) is 4. The Kier molecular flexibility index (Phi) is 38.2. The van der Waals surface area contributed by atoms with E-state index in [9.17, 15) is 30.0 Å². The molecule has 0 aliphatic carbocycles. The number of carbonyl (C=O) groups is 2. The molecule has 1 saturated heterocycles. The van der Waals surface area contributed by atoms with Crippen LogP contribution in [0.5, 0.6) is 0 Å². The van der Waals surface area contributed by atoms with Crippen LogP contribution in [0, 0.1) is 0 Å². The van der Waals surface area contributed by atoms with Gasteiger partial charge in [0.1, 0.15) is 31.0 Å². The third-order valence-corrected chi connectivity index (χ3v) is 11.3. The molecule has 350 valence electrons. The highest BCUT2D eigenvalue weighted by atomic mass is 16.7. The van der Waals surface area contributed by atoms with Crippen molar-refractivity contribution in [1.29, 1.82) is 0 Å². The van der Waals surface area contributed by atoms with Gasteiger partial charge in [-0.15, -0.1) is 0 Å². The maximum absolute atomic E-state index is 12.8. The van der Waals surface area contributed by atoms with E-state index >= 15 is 0 Å². The average molecular weight is 851 g/mol. The molecule has 1 fully saturated rings. The van der Waals surface area contributed by atoms with Crippen LogP contribution in [0.1, 0.15) is 213 Å². The van der Waals surface area contributed by atoms with Gasteiger partial charge in [-0.1, -0.05) is 192 Å². The van der Waals surface area contributed by atoms with Crippen molar-refractivity contribution in [1.82, 2.24) is 0 Å². The molecule has 60 heavy (non-hydrogen) atoms. The van der Waals surface area contributed by atoms with Gasteiger partial charge >= 0.3 is 11.9 Å². The second-order valence-electron chi connectivity index (χ2n) is 16.9. The zero-order chi connectivity index (χ0) is 43.7. The molecule has 6 unspecified atom stereocenters. The van der Waals surface area contributed by atoms with Crippen molar-refractivity contribution in [3.63, 3.8) is 0 Å². The number of hydrogen-bond acceptors (Lipinski definition) is 10. The van der Waals surface area contributed by atoms with E-state index in [0.29, 0.717) is 6.42 Å². The van der Waals surface area contributed by atoms with Crippen molar-refractivity contribution >= 4 is 11.9 Å². The smallest absolute Gasteiger partial charge is 0.306 e. The first-order valence-electron chi connectivity index (χ1n) is 24.6. The molecule has 4 N–H and O–H groups in total. The van der Waals surface area contributed by atoms with Gasteiger partial charge in [0, 0.05) is 12.8 Å².